The first-order chi connectivity index (χ1) is 12.0. The third-order valence-electron chi connectivity index (χ3n) is 3.81. The van der Waals surface area contributed by atoms with Gasteiger partial charge < -0.3 is 11.1 Å². The number of nitrogens with two attached hydrogens (primary N) is 1. The van der Waals surface area contributed by atoms with Gasteiger partial charge in [0.1, 0.15) is 11.7 Å². The maximum absolute atomic E-state index is 12.5. The van der Waals surface area contributed by atoms with Gasteiger partial charge in [0, 0.05) is 15.4 Å². The number of hydrogen-bond donors (Lipinski definition) is 2. The van der Waals surface area contributed by atoms with Gasteiger partial charge in [-0.15, -0.1) is 0 Å². The Morgan fingerprint density at radius 3 is 2.64 bits per heavy atom. The number of rotatable bonds is 5. The summed E-state index contributed by atoms with van der Waals surface area (Å²) in [6.07, 6.45) is 0.339. The van der Waals surface area contributed by atoms with E-state index < -0.39 is 17.9 Å². The monoisotopic (exact) mass is 445 g/mol. The zero-order valence-electron chi connectivity index (χ0n) is 13.3. The molecular formula is C19H16IN3O2. The standard InChI is InChI=1S/C19H16IN3O2/c20-14-6-3-4-12(10-14)11-17(18(21)24)23-19(25)16-9-8-13-5-1-2-7-15(13)22-16/h1-10,17H,11H2,(H2,21,24)(H,23,25)/t17-/m1/s1. The zero-order chi connectivity index (χ0) is 17.8. The molecule has 2 aromatic carbocycles. The number of pyridine rings is 1. The fraction of sp³-hybridized carbons (Fsp3) is 0.105. The van der Waals surface area contributed by atoms with E-state index in [1.807, 2.05) is 54.6 Å². The third kappa shape index (κ3) is 4.33. The number of carbonyl (C=O) groups is 2. The van der Waals surface area contributed by atoms with Crippen molar-refractivity contribution in [2.75, 3.05) is 0 Å². The second kappa shape index (κ2) is 7.60. The van der Waals surface area contributed by atoms with Crippen molar-refractivity contribution in [2.24, 2.45) is 5.73 Å². The van der Waals surface area contributed by atoms with Crippen molar-refractivity contribution >= 4 is 45.3 Å². The Kier molecular flexibility index (Phi) is 5.28. The van der Waals surface area contributed by atoms with Crippen molar-refractivity contribution < 1.29 is 9.59 Å². The number of hydrogen-bond acceptors (Lipinski definition) is 3. The van der Waals surface area contributed by atoms with Crippen LogP contribution in [0.1, 0.15) is 16.1 Å². The molecule has 1 heterocycles. The summed E-state index contributed by atoms with van der Waals surface area (Å²) in [5, 5.41) is 3.64. The summed E-state index contributed by atoms with van der Waals surface area (Å²) in [5.41, 5.74) is 7.38. The Bertz CT molecular complexity index is 943. The minimum Gasteiger partial charge on any atom is -0.368 e. The van der Waals surface area contributed by atoms with Gasteiger partial charge in [-0.2, -0.15) is 0 Å². The number of amides is 2. The van der Waals surface area contributed by atoms with Crippen molar-refractivity contribution in [3.05, 3.63) is 75.5 Å². The second-order valence-corrected chi connectivity index (χ2v) is 6.90. The van der Waals surface area contributed by atoms with E-state index in [1.54, 1.807) is 6.07 Å². The molecule has 2 amide bonds. The molecule has 0 aliphatic heterocycles. The van der Waals surface area contributed by atoms with Crippen molar-refractivity contribution in [3.8, 4) is 0 Å². The molecule has 5 nitrogen and oxygen atoms in total. The highest BCUT2D eigenvalue weighted by molar-refractivity contribution is 14.1. The molecule has 3 N–H and O–H groups in total. The number of carbonyl (C=O) groups excluding carboxylic acids is 2. The average Bonchev–Trinajstić information content (AvgIpc) is 2.60. The molecule has 0 radical (unpaired) electrons. The summed E-state index contributed by atoms with van der Waals surface area (Å²) in [6, 6.07) is 17.9. The number of para-hydroxylation sites is 1. The van der Waals surface area contributed by atoms with Crippen LogP contribution in [-0.4, -0.2) is 22.8 Å². The Labute approximate surface area is 158 Å². The van der Waals surface area contributed by atoms with Gasteiger partial charge in [0.05, 0.1) is 5.52 Å². The lowest BCUT2D eigenvalue weighted by Gasteiger charge is -2.15. The fourth-order valence-corrected chi connectivity index (χ4v) is 3.15. The molecule has 0 aliphatic rings. The van der Waals surface area contributed by atoms with Crippen LogP contribution in [0, 0.1) is 3.57 Å². The highest BCUT2D eigenvalue weighted by Crippen LogP contribution is 2.13. The third-order valence-corrected chi connectivity index (χ3v) is 4.48. The average molecular weight is 445 g/mol. The molecule has 0 saturated heterocycles. The van der Waals surface area contributed by atoms with Crippen LogP contribution >= 0.6 is 22.6 Å². The van der Waals surface area contributed by atoms with Crippen LogP contribution in [0.25, 0.3) is 10.9 Å². The number of benzene rings is 2. The summed E-state index contributed by atoms with van der Waals surface area (Å²) in [6.45, 7) is 0. The van der Waals surface area contributed by atoms with Gasteiger partial charge in [0.2, 0.25) is 5.91 Å². The lowest BCUT2D eigenvalue weighted by atomic mass is 10.1. The molecule has 0 bridgehead atoms. The minimum atomic E-state index is -0.793. The fourth-order valence-electron chi connectivity index (χ4n) is 2.55. The zero-order valence-corrected chi connectivity index (χ0v) is 15.4. The van der Waals surface area contributed by atoms with Crippen LogP contribution < -0.4 is 11.1 Å². The quantitative estimate of drug-likeness (QED) is 0.593. The van der Waals surface area contributed by atoms with Crippen LogP contribution in [0.3, 0.4) is 0 Å². The molecule has 0 aliphatic carbocycles. The van der Waals surface area contributed by atoms with Crippen LogP contribution in [0.15, 0.2) is 60.7 Å². The van der Waals surface area contributed by atoms with Gasteiger partial charge >= 0.3 is 0 Å². The smallest absolute Gasteiger partial charge is 0.270 e. The van der Waals surface area contributed by atoms with E-state index in [2.05, 4.69) is 32.9 Å². The first-order valence-electron chi connectivity index (χ1n) is 7.73. The number of fused-ring (bicyclic) bond motifs is 1. The number of nitrogens with zero attached hydrogens (tertiary/aromatic N) is 1. The molecule has 3 aromatic rings. The molecule has 126 valence electrons. The molecule has 1 aromatic heterocycles. The van der Waals surface area contributed by atoms with Gasteiger partial charge in [-0.3, -0.25) is 9.59 Å². The van der Waals surface area contributed by atoms with Crippen molar-refractivity contribution in [1.29, 1.82) is 0 Å². The molecule has 0 fully saturated rings. The SMILES string of the molecule is NC(=O)[C@@H](Cc1cccc(I)c1)NC(=O)c1ccc2ccccc2n1. The van der Waals surface area contributed by atoms with Crippen LogP contribution in [-0.2, 0) is 11.2 Å². The topological polar surface area (TPSA) is 85.1 Å². The van der Waals surface area contributed by atoms with Gasteiger partial charge in [0.15, 0.2) is 0 Å². The summed E-state index contributed by atoms with van der Waals surface area (Å²) >= 11 is 2.20. The van der Waals surface area contributed by atoms with Crippen LogP contribution in [0.5, 0.6) is 0 Å². The van der Waals surface area contributed by atoms with E-state index >= 15 is 0 Å². The molecule has 0 saturated carbocycles. The van der Waals surface area contributed by atoms with Gasteiger partial charge in [-0.1, -0.05) is 36.4 Å². The highest BCUT2D eigenvalue weighted by Gasteiger charge is 2.20. The molecule has 0 spiro atoms. The number of halogens is 1. The Balaban J connectivity index is 1.78. The van der Waals surface area contributed by atoms with E-state index in [0.717, 1.165) is 20.0 Å². The predicted octanol–water partition coefficient (Wildman–Crippen LogP) is 2.67. The second-order valence-electron chi connectivity index (χ2n) is 5.65. The summed E-state index contributed by atoms with van der Waals surface area (Å²) < 4.78 is 1.06. The normalized spacial score (nSPS) is 11.9. The Morgan fingerprint density at radius 1 is 1.08 bits per heavy atom. The van der Waals surface area contributed by atoms with Crippen molar-refractivity contribution in [1.82, 2.24) is 10.3 Å². The highest BCUT2D eigenvalue weighted by atomic mass is 127. The van der Waals surface area contributed by atoms with Crippen LogP contribution in [0.4, 0.5) is 0 Å². The number of aromatic nitrogens is 1. The number of nitrogens with one attached hydrogen (secondary N) is 1. The van der Waals surface area contributed by atoms with E-state index in [0.29, 0.717) is 6.42 Å². The van der Waals surface area contributed by atoms with Crippen LogP contribution in [0.2, 0.25) is 0 Å². The molecule has 6 heteroatoms. The molecule has 1 atom stereocenters. The van der Waals surface area contributed by atoms with E-state index in [9.17, 15) is 9.59 Å². The maximum atomic E-state index is 12.5. The molecule has 0 unspecified atom stereocenters. The molecule has 25 heavy (non-hydrogen) atoms. The van der Waals surface area contributed by atoms with E-state index in [1.165, 1.54) is 0 Å². The Hall–Kier alpha value is -2.48. The minimum absolute atomic E-state index is 0.257. The maximum Gasteiger partial charge on any atom is 0.270 e. The van der Waals surface area contributed by atoms with E-state index in [-0.39, 0.29) is 5.69 Å². The first-order valence-corrected chi connectivity index (χ1v) is 8.81. The van der Waals surface area contributed by atoms with Crippen molar-refractivity contribution in [2.45, 2.75) is 12.5 Å². The number of primary amides is 1. The molecule has 3 rings (SSSR count). The summed E-state index contributed by atoms with van der Waals surface area (Å²) in [5.74, 6) is -0.992. The van der Waals surface area contributed by atoms with Gasteiger partial charge in [-0.25, -0.2) is 4.98 Å². The Morgan fingerprint density at radius 2 is 1.88 bits per heavy atom. The van der Waals surface area contributed by atoms with Crippen molar-refractivity contribution in [3.63, 3.8) is 0 Å². The van der Waals surface area contributed by atoms with Gasteiger partial charge in [0.25, 0.3) is 5.91 Å². The lowest BCUT2D eigenvalue weighted by molar-refractivity contribution is -0.119. The van der Waals surface area contributed by atoms with E-state index in [4.69, 9.17) is 5.73 Å². The lowest BCUT2D eigenvalue weighted by Crippen LogP contribution is -2.46. The first kappa shape index (κ1) is 17.3. The largest absolute Gasteiger partial charge is 0.368 e. The van der Waals surface area contributed by atoms with Gasteiger partial charge in [-0.05, 0) is 52.4 Å². The predicted molar refractivity (Wildman–Crippen MR) is 105 cm³/mol. The molecular weight excluding hydrogens is 429 g/mol. The summed E-state index contributed by atoms with van der Waals surface area (Å²) in [7, 11) is 0. The summed E-state index contributed by atoms with van der Waals surface area (Å²) in [4.78, 5) is 28.6.